The third kappa shape index (κ3) is 4.53. The van der Waals surface area contributed by atoms with Crippen molar-refractivity contribution < 1.29 is 22.5 Å². The average molecular weight is 442 g/mol. The van der Waals surface area contributed by atoms with Crippen molar-refractivity contribution in [3.05, 3.63) is 60.5 Å². The molecule has 1 aliphatic rings. The van der Waals surface area contributed by atoms with Gasteiger partial charge in [-0.25, -0.2) is 8.42 Å². The summed E-state index contributed by atoms with van der Waals surface area (Å²) >= 11 is 0. The minimum Gasteiger partial charge on any atom is -0.478 e. The number of fused-ring (bicyclic) bond motifs is 1. The molecule has 0 N–H and O–H groups in total. The Labute approximate surface area is 180 Å². The van der Waals surface area contributed by atoms with Gasteiger partial charge in [0.05, 0.1) is 18.5 Å². The molecule has 0 aliphatic carbocycles. The van der Waals surface area contributed by atoms with E-state index in [9.17, 15) is 13.2 Å². The maximum atomic E-state index is 13.0. The number of benzene rings is 2. The van der Waals surface area contributed by atoms with Gasteiger partial charge in [-0.05, 0) is 12.1 Å². The third-order valence-corrected chi connectivity index (χ3v) is 6.10. The Bertz CT molecular complexity index is 1180. The Morgan fingerprint density at radius 3 is 2.61 bits per heavy atom. The highest BCUT2D eigenvalue weighted by molar-refractivity contribution is 7.92. The van der Waals surface area contributed by atoms with Crippen molar-refractivity contribution in [2.24, 2.45) is 0 Å². The monoisotopic (exact) mass is 442 g/mol. The van der Waals surface area contributed by atoms with Crippen LogP contribution in [0.25, 0.3) is 11.4 Å². The molecule has 0 bridgehead atoms. The molecular weight excluding hydrogens is 420 g/mol. The van der Waals surface area contributed by atoms with E-state index in [0.29, 0.717) is 23.2 Å². The molecule has 1 amide bonds. The molecule has 2 aromatic carbocycles. The summed E-state index contributed by atoms with van der Waals surface area (Å²) in [5, 5.41) is 3.96. The largest absolute Gasteiger partial charge is 0.478 e. The molecule has 2 heterocycles. The number of para-hydroxylation sites is 2. The lowest BCUT2D eigenvalue weighted by Gasteiger charge is -2.22. The zero-order valence-corrected chi connectivity index (χ0v) is 17.9. The van der Waals surface area contributed by atoms with E-state index in [4.69, 9.17) is 9.26 Å². The Hall–Kier alpha value is -3.40. The Balaban J connectivity index is 1.49. The Morgan fingerprint density at radius 2 is 1.87 bits per heavy atom. The highest BCUT2D eigenvalue weighted by Crippen LogP contribution is 2.34. The number of amides is 1. The van der Waals surface area contributed by atoms with E-state index >= 15 is 0 Å². The summed E-state index contributed by atoms with van der Waals surface area (Å²) in [4.78, 5) is 18.8. The van der Waals surface area contributed by atoms with Crippen LogP contribution in [0.1, 0.15) is 12.3 Å². The fourth-order valence-electron chi connectivity index (χ4n) is 3.40. The quantitative estimate of drug-likeness (QED) is 0.597. The van der Waals surface area contributed by atoms with Crippen LogP contribution in [0, 0.1) is 0 Å². The molecule has 0 spiro atoms. The van der Waals surface area contributed by atoms with Crippen LogP contribution in [0.15, 0.2) is 59.1 Å². The van der Waals surface area contributed by atoms with Crippen LogP contribution in [0.4, 0.5) is 5.69 Å². The van der Waals surface area contributed by atoms with Gasteiger partial charge >= 0.3 is 0 Å². The molecule has 1 atom stereocenters. The number of sulfonamides is 1. The van der Waals surface area contributed by atoms with Gasteiger partial charge in [-0.3, -0.25) is 9.10 Å². The molecule has 0 fully saturated rings. The summed E-state index contributed by atoms with van der Waals surface area (Å²) in [6.07, 6.45) is 0.511. The summed E-state index contributed by atoms with van der Waals surface area (Å²) in [6, 6.07) is 16.2. The second kappa shape index (κ2) is 8.38. The van der Waals surface area contributed by atoms with Gasteiger partial charge in [0.25, 0.3) is 5.91 Å². The lowest BCUT2D eigenvalue weighted by atomic mass is 10.2. The summed E-state index contributed by atoms with van der Waals surface area (Å²) in [6.45, 7) is 0.245. The van der Waals surface area contributed by atoms with Crippen molar-refractivity contribution in [2.75, 3.05) is 24.2 Å². The summed E-state index contributed by atoms with van der Waals surface area (Å²) in [7, 11) is -1.89. The highest BCUT2D eigenvalue weighted by atomic mass is 32.2. The number of nitrogens with zero attached hydrogens (tertiary/aromatic N) is 4. The molecule has 3 aromatic rings. The average Bonchev–Trinajstić information content (AvgIpc) is 3.11. The number of carbonyl (C=O) groups excluding carboxylic acids is 1. The van der Waals surface area contributed by atoms with Crippen LogP contribution in [0.2, 0.25) is 0 Å². The van der Waals surface area contributed by atoms with E-state index in [0.717, 1.165) is 11.8 Å². The molecule has 0 saturated carbocycles. The van der Waals surface area contributed by atoms with Gasteiger partial charge < -0.3 is 14.2 Å². The fourth-order valence-corrected chi connectivity index (χ4v) is 4.34. The van der Waals surface area contributed by atoms with Crippen molar-refractivity contribution in [3.8, 4) is 17.1 Å². The normalized spacial score (nSPS) is 16.2. The first-order chi connectivity index (χ1) is 14.8. The zero-order valence-electron chi connectivity index (χ0n) is 17.1. The molecule has 162 valence electrons. The van der Waals surface area contributed by atoms with E-state index in [1.54, 1.807) is 31.3 Å². The topological polar surface area (TPSA) is 106 Å². The van der Waals surface area contributed by atoms with Gasteiger partial charge in [-0.15, -0.1) is 0 Å². The minimum absolute atomic E-state index is 0.107. The van der Waals surface area contributed by atoms with Gasteiger partial charge in [-0.1, -0.05) is 47.6 Å². The van der Waals surface area contributed by atoms with E-state index in [1.807, 2.05) is 30.3 Å². The van der Waals surface area contributed by atoms with Gasteiger partial charge in [0, 0.05) is 25.6 Å². The van der Waals surface area contributed by atoms with Crippen LogP contribution in [-0.2, 0) is 21.4 Å². The van der Waals surface area contributed by atoms with Crippen molar-refractivity contribution >= 4 is 21.6 Å². The molecule has 10 heteroatoms. The number of hydrogen-bond acceptors (Lipinski definition) is 7. The second-order valence-corrected chi connectivity index (χ2v) is 9.18. The molecule has 0 saturated heterocycles. The van der Waals surface area contributed by atoms with E-state index in [-0.39, 0.29) is 25.4 Å². The fraction of sp³-hybridized carbons (Fsp3) is 0.286. The predicted molar refractivity (Wildman–Crippen MR) is 114 cm³/mol. The Morgan fingerprint density at radius 1 is 1.16 bits per heavy atom. The van der Waals surface area contributed by atoms with Crippen molar-refractivity contribution in [3.63, 3.8) is 0 Å². The SMILES string of the molecule is CN(Cc1nc(-c2ccccc2)no1)C(=O)C1CCN(S(C)(=O)=O)c2ccccc2O1. The minimum atomic E-state index is -3.51. The lowest BCUT2D eigenvalue weighted by Crippen LogP contribution is -2.40. The smallest absolute Gasteiger partial charge is 0.263 e. The first-order valence-electron chi connectivity index (χ1n) is 9.69. The number of likely N-dealkylation sites (N-methyl/N-ethyl adjacent to an activating group) is 1. The van der Waals surface area contributed by atoms with Crippen molar-refractivity contribution in [2.45, 2.75) is 19.1 Å². The maximum absolute atomic E-state index is 13.0. The van der Waals surface area contributed by atoms with Gasteiger partial charge in [0.15, 0.2) is 6.10 Å². The van der Waals surface area contributed by atoms with Gasteiger partial charge in [0.2, 0.25) is 21.7 Å². The Kier molecular flexibility index (Phi) is 5.64. The molecular formula is C21H22N4O5S. The molecule has 1 aromatic heterocycles. The summed E-state index contributed by atoms with van der Waals surface area (Å²) < 4.78 is 36.9. The first kappa shape index (κ1) is 20.9. The van der Waals surface area contributed by atoms with Gasteiger partial charge in [-0.2, -0.15) is 4.98 Å². The molecule has 4 rings (SSSR count). The van der Waals surface area contributed by atoms with E-state index in [1.165, 1.54) is 9.21 Å². The highest BCUT2D eigenvalue weighted by Gasteiger charge is 2.32. The van der Waals surface area contributed by atoms with E-state index < -0.39 is 16.1 Å². The predicted octanol–water partition coefficient (Wildman–Crippen LogP) is 2.31. The maximum Gasteiger partial charge on any atom is 0.263 e. The summed E-state index contributed by atoms with van der Waals surface area (Å²) in [5.74, 6) is 0.785. The standard InChI is InChI=1S/C21H22N4O5S/c1-24(14-19-22-20(23-30-19)15-8-4-3-5-9-15)21(26)18-12-13-25(31(2,27)28)16-10-6-7-11-17(16)29-18/h3-11,18H,12-14H2,1-2H3. The van der Waals surface area contributed by atoms with Crippen molar-refractivity contribution in [1.29, 1.82) is 0 Å². The molecule has 9 nitrogen and oxygen atoms in total. The lowest BCUT2D eigenvalue weighted by molar-refractivity contribution is -0.138. The van der Waals surface area contributed by atoms with Crippen LogP contribution in [0.5, 0.6) is 5.75 Å². The second-order valence-electron chi connectivity index (χ2n) is 7.27. The third-order valence-electron chi connectivity index (χ3n) is 4.92. The van der Waals surface area contributed by atoms with Crippen LogP contribution < -0.4 is 9.04 Å². The number of ether oxygens (including phenoxy) is 1. The first-order valence-corrected chi connectivity index (χ1v) is 11.5. The van der Waals surface area contributed by atoms with Gasteiger partial charge in [0.1, 0.15) is 5.75 Å². The number of anilines is 1. The number of carbonyl (C=O) groups is 1. The molecule has 1 unspecified atom stereocenters. The van der Waals surface area contributed by atoms with Crippen LogP contribution >= 0.6 is 0 Å². The molecule has 31 heavy (non-hydrogen) atoms. The number of rotatable bonds is 5. The number of hydrogen-bond donors (Lipinski definition) is 0. The van der Waals surface area contributed by atoms with Crippen LogP contribution in [0.3, 0.4) is 0 Å². The number of aromatic nitrogens is 2. The van der Waals surface area contributed by atoms with Crippen LogP contribution in [-0.4, -0.2) is 55.3 Å². The molecule has 0 radical (unpaired) electrons. The molecule has 1 aliphatic heterocycles. The summed E-state index contributed by atoms with van der Waals surface area (Å²) in [5.41, 5.74) is 1.24. The van der Waals surface area contributed by atoms with Crippen molar-refractivity contribution in [1.82, 2.24) is 15.0 Å². The van der Waals surface area contributed by atoms with E-state index in [2.05, 4.69) is 10.1 Å². The zero-order chi connectivity index (χ0) is 22.0.